The van der Waals surface area contributed by atoms with Crippen LogP contribution in [-0.2, 0) is 14.3 Å². The second-order valence-electron chi connectivity index (χ2n) is 15.8. The summed E-state index contributed by atoms with van der Waals surface area (Å²) in [7, 11) is 0. The van der Waals surface area contributed by atoms with Gasteiger partial charge in [-0.05, 0) is 127 Å². The van der Waals surface area contributed by atoms with Crippen LogP contribution in [0.1, 0.15) is 195 Å². The average Bonchev–Trinajstić information content (AvgIpc) is 3.09. The molecule has 2 unspecified atom stereocenters. The molecule has 0 bridgehead atoms. The first-order valence-corrected chi connectivity index (χ1v) is 20.3. The Labute approximate surface area is 274 Å². The van der Waals surface area contributed by atoms with E-state index in [4.69, 9.17) is 9.47 Å². The zero-order chi connectivity index (χ0) is 31.3. The minimum absolute atomic E-state index is 0.159. The number of rotatable bonds is 18. The van der Waals surface area contributed by atoms with E-state index in [1.54, 1.807) is 0 Å². The van der Waals surface area contributed by atoms with Crippen molar-refractivity contribution in [2.45, 2.75) is 207 Å². The molecule has 4 aliphatic carbocycles. The number of carbonyl (C=O) groups is 1. The Morgan fingerprint density at radius 3 is 1.00 bits per heavy atom. The van der Waals surface area contributed by atoms with E-state index < -0.39 is 0 Å². The minimum Gasteiger partial charge on any atom is -0.379 e. The molecule has 0 heterocycles. The van der Waals surface area contributed by atoms with Gasteiger partial charge in [0.15, 0.2) is 0 Å². The SMILES string of the molecule is CCOC(CC)CCC(C(=O)C(CCC(CC)OCC)(C1CCCCC1)C1CCCCC1)(C1CCCCC1)C1CCCCC1. The zero-order valence-corrected chi connectivity index (χ0v) is 30.0. The van der Waals surface area contributed by atoms with E-state index in [9.17, 15) is 0 Å². The van der Waals surface area contributed by atoms with Crippen molar-refractivity contribution in [3.05, 3.63) is 0 Å². The van der Waals surface area contributed by atoms with E-state index >= 15 is 4.79 Å². The Bertz CT molecular complexity index is 682. The van der Waals surface area contributed by atoms with Crippen LogP contribution in [0.4, 0.5) is 0 Å². The second kappa shape index (κ2) is 18.8. The predicted molar refractivity (Wildman–Crippen MR) is 186 cm³/mol. The lowest BCUT2D eigenvalue weighted by atomic mass is 9.45. The highest BCUT2D eigenvalue weighted by molar-refractivity contribution is 5.92. The summed E-state index contributed by atoms with van der Waals surface area (Å²) in [6.45, 7) is 10.5. The number of hydrogen-bond donors (Lipinski definition) is 0. The lowest BCUT2D eigenvalue weighted by molar-refractivity contribution is -0.165. The number of hydrogen-bond acceptors (Lipinski definition) is 3. The number of ketones is 1. The molecule has 0 spiro atoms. The van der Waals surface area contributed by atoms with Gasteiger partial charge in [-0.1, -0.05) is 90.9 Å². The molecule has 44 heavy (non-hydrogen) atoms. The molecular formula is C41H74O3. The maximum atomic E-state index is 16.7. The van der Waals surface area contributed by atoms with Gasteiger partial charge in [0.05, 0.1) is 12.2 Å². The van der Waals surface area contributed by atoms with Gasteiger partial charge >= 0.3 is 0 Å². The largest absolute Gasteiger partial charge is 0.379 e. The number of ether oxygens (including phenoxy) is 2. The van der Waals surface area contributed by atoms with Crippen LogP contribution < -0.4 is 0 Å². The molecule has 0 N–H and O–H groups in total. The molecule has 256 valence electrons. The average molecular weight is 615 g/mol. The van der Waals surface area contributed by atoms with Crippen LogP contribution in [0.5, 0.6) is 0 Å². The maximum Gasteiger partial charge on any atom is 0.146 e. The second-order valence-corrected chi connectivity index (χ2v) is 15.8. The monoisotopic (exact) mass is 615 g/mol. The third-order valence-corrected chi connectivity index (χ3v) is 13.7. The van der Waals surface area contributed by atoms with Crippen LogP contribution in [0.25, 0.3) is 0 Å². The van der Waals surface area contributed by atoms with Gasteiger partial charge in [-0.2, -0.15) is 0 Å². The molecule has 0 aliphatic heterocycles. The fraction of sp³-hybridized carbons (Fsp3) is 0.976. The van der Waals surface area contributed by atoms with E-state index in [0.29, 0.717) is 35.9 Å². The molecule has 0 radical (unpaired) electrons. The molecule has 2 atom stereocenters. The summed E-state index contributed by atoms with van der Waals surface area (Å²) in [6.07, 6.45) is 33.4. The highest BCUT2D eigenvalue weighted by atomic mass is 16.5. The molecule has 3 nitrogen and oxygen atoms in total. The fourth-order valence-electron chi connectivity index (χ4n) is 11.4. The van der Waals surface area contributed by atoms with E-state index in [-0.39, 0.29) is 10.8 Å². The first-order chi connectivity index (χ1) is 21.6. The molecule has 0 aromatic rings. The fourth-order valence-corrected chi connectivity index (χ4v) is 11.4. The van der Waals surface area contributed by atoms with Crippen molar-refractivity contribution < 1.29 is 14.3 Å². The summed E-state index contributed by atoms with van der Waals surface area (Å²) in [5.41, 5.74) is -0.318. The Hall–Kier alpha value is -0.410. The van der Waals surface area contributed by atoms with Crippen molar-refractivity contribution in [1.82, 2.24) is 0 Å². The summed E-state index contributed by atoms with van der Waals surface area (Å²) in [5.74, 6) is 3.12. The van der Waals surface area contributed by atoms with Gasteiger partial charge in [-0.15, -0.1) is 0 Å². The van der Waals surface area contributed by atoms with Crippen molar-refractivity contribution in [2.24, 2.45) is 34.5 Å². The van der Waals surface area contributed by atoms with Crippen LogP contribution in [0.3, 0.4) is 0 Å². The third kappa shape index (κ3) is 8.54. The highest BCUT2D eigenvalue weighted by Crippen LogP contribution is 2.62. The van der Waals surface area contributed by atoms with Crippen molar-refractivity contribution in [3.8, 4) is 0 Å². The molecule has 4 saturated carbocycles. The van der Waals surface area contributed by atoms with Crippen molar-refractivity contribution in [3.63, 3.8) is 0 Å². The van der Waals surface area contributed by atoms with E-state index in [2.05, 4.69) is 27.7 Å². The molecule has 0 aromatic carbocycles. The molecule has 4 fully saturated rings. The summed E-state index contributed by atoms with van der Waals surface area (Å²) in [5, 5.41) is 0. The highest BCUT2D eigenvalue weighted by Gasteiger charge is 2.61. The minimum atomic E-state index is -0.159. The Kier molecular flexibility index (Phi) is 15.6. The molecule has 3 heteroatoms. The quantitative estimate of drug-likeness (QED) is 0.154. The van der Waals surface area contributed by atoms with Crippen LogP contribution >= 0.6 is 0 Å². The van der Waals surface area contributed by atoms with Crippen molar-refractivity contribution >= 4 is 5.78 Å². The maximum absolute atomic E-state index is 16.7. The molecule has 4 aliphatic rings. The number of carbonyl (C=O) groups excluding carboxylic acids is 1. The smallest absolute Gasteiger partial charge is 0.146 e. The first-order valence-electron chi connectivity index (χ1n) is 20.3. The van der Waals surface area contributed by atoms with Crippen LogP contribution in [-0.4, -0.2) is 31.2 Å². The Morgan fingerprint density at radius 1 is 0.500 bits per heavy atom. The molecule has 0 aromatic heterocycles. The van der Waals surface area contributed by atoms with E-state index in [1.165, 1.54) is 128 Å². The van der Waals surface area contributed by atoms with Gasteiger partial charge in [0.25, 0.3) is 0 Å². The van der Waals surface area contributed by atoms with Crippen LogP contribution in [0, 0.1) is 34.5 Å². The summed E-state index contributed by atoms with van der Waals surface area (Å²) in [6, 6.07) is 0. The normalized spacial score (nSPS) is 23.9. The van der Waals surface area contributed by atoms with Gasteiger partial charge in [0.2, 0.25) is 0 Å². The van der Waals surface area contributed by atoms with E-state index in [0.717, 1.165) is 57.5 Å². The Balaban J connectivity index is 1.87. The summed E-state index contributed by atoms with van der Waals surface area (Å²) >= 11 is 0. The standard InChI is InChI=1S/C41H74O3/c1-5-37(43-7-3)29-31-40(33-21-13-9-14-22-33,34-23-15-10-16-24-34)39(42)41(35-25-17-11-18-26-35,36-27-19-12-20-28-36)32-30-38(6-2)44-8-4/h33-38H,5-32H2,1-4H3. The number of Topliss-reactive ketones (excluding diaryl/α,β-unsaturated/α-hetero) is 1. The van der Waals surface area contributed by atoms with Gasteiger partial charge in [-0.3, -0.25) is 4.79 Å². The van der Waals surface area contributed by atoms with Crippen LogP contribution in [0.15, 0.2) is 0 Å². The van der Waals surface area contributed by atoms with Crippen molar-refractivity contribution in [2.75, 3.05) is 13.2 Å². The van der Waals surface area contributed by atoms with Gasteiger partial charge in [0.1, 0.15) is 5.78 Å². The topological polar surface area (TPSA) is 35.5 Å². The van der Waals surface area contributed by atoms with Gasteiger partial charge in [-0.25, -0.2) is 0 Å². The molecule has 0 amide bonds. The summed E-state index contributed by atoms with van der Waals surface area (Å²) in [4.78, 5) is 16.7. The lowest BCUT2D eigenvalue weighted by Crippen LogP contribution is -2.58. The van der Waals surface area contributed by atoms with E-state index in [1.807, 2.05) is 0 Å². The Morgan fingerprint density at radius 2 is 0.773 bits per heavy atom. The van der Waals surface area contributed by atoms with Gasteiger partial charge in [0, 0.05) is 24.0 Å². The molecular weight excluding hydrogens is 540 g/mol. The first kappa shape index (κ1) is 36.4. The van der Waals surface area contributed by atoms with Crippen LogP contribution in [0.2, 0.25) is 0 Å². The lowest BCUT2D eigenvalue weighted by Gasteiger charge is -2.57. The van der Waals surface area contributed by atoms with Crippen molar-refractivity contribution in [1.29, 1.82) is 0 Å². The molecule has 0 saturated heterocycles. The third-order valence-electron chi connectivity index (χ3n) is 13.7. The van der Waals surface area contributed by atoms with Gasteiger partial charge < -0.3 is 9.47 Å². The summed E-state index contributed by atoms with van der Waals surface area (Å²) < 4.78 is 12.7. The predicted octanol–water partition coefficient (Wildman–Crippen LogP) is 12.0. The zero-order valence-electron chi connectivity index (χ0n) is 30.0. The molecule has 4 rings (SSSR count).